The van der Waals surface area contributed by atoms with Crippen molar-refractivity contribution in [3.05, 3.63) is 35.9 Å². The molecule has 1 aromatic carbocycles. The van der Waals surface area contributed by atoms with Crippen LogP contribution in [0, 0.1) is 5.41 Å². The molecule has 1 heterocycles. The molecule has 116 valence electrons. The summed E-state index contributed by atoms with van der Waals surface area (Å²) in [6.07, 6.45) is 10.1. The first-order valence-corrected chi connectivity index (χ1v) is 8.75. The van der Waals surface area contributed by atoms with Gasteiger partial charge in [-0.3, -0.25) is 4.90 Å². The van der Waals surface area contributed by atoms with Crippen molar-refractivity contribution in [2.45, 2.75) is 64.0 Å². The third-order valence-electron chi connectivity index (χ3n) is 6.05. The van der Waals surface area contributed by atoms with Gasteiger partial charge in [-0.25, -0.2) is 0 Å². The van der Waals surface area contributed by atoms with Crippen LogP contribution in [0.1, 0.15) is 63.5 Å². The maximum Gasteiger partial charge on any atom is 0.0450 e. The third kappa shape index (κ3) is 3.32. The summed E-state index contributed by atoms with van der Waals surface area (Å²) in [6.45, 7) is 4.78. The zero-order chi connectivity index (χ0) is 14.7. The molecule has 2 fully saturated rings. The Balaban J connectivity index is 1.58. The van der Waals surface area contributed by atoms with Gasteiger partial charge in [-0.1, -0.05) is 49.6 Å². The average Bonchev–Trinajstić information content (AvgIpc) is 2.56. The minimum Gasteiger partial charge on any atom is -0.323 e. The number of rotatable bonds is 3. The molecule has 1 aliphatic carbocycles. The fourth-order valence-electron chi connectivity index (χ4n) is 4.39. The van der Waals surface area contributed by atoms with Crippen molar-refractivity contribution >= 4 is 0 Å². The van der Waals surface area contributed by atoms with Crippen LogP contribution in [0.25, 0.3) is 0 Å². The fourth-order valence-corrected chi connectivity index (χ4v) is 4.39. The highest BCUT2D eigenvalue weighted by Crippen LogP contribution is 2.45. The number of benzene rings is 1. The number of hydrogen-bond acceptors (Lipinski definition) is 2. The van der Waals surface area contributed by atoms with Gasteiger partial charge in [0, 0.05) is 12.1 Å². The first-order chi connectivity index (χ1) is 10.2. The van der Waals surface area contributed by atoms with E-state index in [2.05, 4.69) is 42.2 Å². The van der Waals surface area contributed by atoms with Crippen LogP contribution in [0.4, 0.5) is 0 Å². The van der Waals surface area contributed by atoms with Gasteiger partial charge in [0.1, 0.15) is 0 Å². The Bertz CT molecular complexity index is 426. The normalized spacial score (nSPS) is 25.6. The number of hydrogen-bond donors (Lipinski definition) is 1. The van der Waals surface area contributed by atoms with Gasteiger partial charge in [-0.2, -0.15) is 0 Å². The largest absolute Gasteiger partial charge is 0.323 e. The molecule has 2 nitrogen and oxygen atoms in total. The average molecular weight is 286 g/mol. The Labute approximate surface area is 129 Å². The van der Waals surface area contributed by atoms with Crippen LogP contribution in [0.5, 0.6) is 0 Å². The van der Waals surface area contributed by atoms with E-state index in [-0.39, 0.29) is 6.04 Å². The van der Waals surface area contributed by atoms with Crippen LogP contribution in [0.2, 0.25) is 0 Å². The number of nitrogens with zero attached hydrogens (tertiary/aromatic N) is 1. The molecule has 2 atom stereocenters. The second kappa shape index (κ2) is 6.50. The molecule has 0 radical (unpaired) electrons. The second-order valence-electron chi connectivity index (χ2n) is 7.27. The predicted octanol–water partition coefficient (Wildman–Crippen LogP) is 4.12. The van der Waals surface area contributed by atoms with E-state index >= 15 is 0 Å². The summed E-state index contributed by atoms with van der Waals surface area (Å²) >= 11 is 0. The molecule has 3 rings (SSSR count). The smallest absolute Gasteiger partial charge is 0.0450 e. The van der Waals surface area contributed by atoms with Crippen molar-refractivity contribution in [1.82, 2.24) is 4.90 Å². The van der Waals surface area contributed by atoms with Crippen LogP contribution in [-0.4, -0.2) is 24.0 Å². The van der Waals surface area contributed by atoms with Crippen LogP contribution < -0.4 is 5.73 Å². The van der Waals surface area contributed by atoms with Gasteiger partial charge in [0.05, 0.1) is 0 Å². The van der Waals surface area contributed by atoms with Crippen molar-refractivity contribution in [3.8, 4) is 0 Å². The minimum atomic E-state index is 0.131. The Hall–Kier alpha value is -0.860. The lowest BCUT2D eigenvalue weighted by Crippen LogP contribution is -2.48. The molecule has 2 heteroatoms. The van der Waals surface area contributed by atoms with E-state index in [9.17, 15) is 0 Å². The monoisotopic (exact) mass is 286 g/mol. The Morgan fingerprint density at radius 1 is 0.952 bits per heavy atom. The lowest BCUT2D eigenvalue weighted by molar-refractivity contribution is 0.0428. The molecule has 0 amide bonds. The van der Waals surface area contributed by atoms with Crippen molar-refractivity contribution in [2.75, 3.05) is 13.1 Å². The second-order valence-corrected chi connectivity index (χ2v) is 7.27. The quantitative estimate of drug-likeness (QED) is 0.905. The maximum atomic E-state index is 6.50. The van der Waals surface area contributed by atoms with E-state index < -0.39 is 0 Å². The van der Waals surface area contributed by atoms with Crippen LogP contribution in [0.3, 0.4) is 0 Å². The van der Waals surface area contributed by atoms with Gasteiger partial charge < -0.3 is 5.73 Å². The molecule has 0 aromatic heterocycles. The molecule has 2 unspecified atom stereocenters. The SMILES string of the molecule is CC(C(N)c1ccccc1)N1CCC2(CCCCC2)CC1. The first-order valence-electron chi connectivity index (χ1n) is 8.75. The highest BCUT2D eigenvalue weighted by Gasteiger charge is 2.37. The molecule has 1 saturated carbocycles. The van der Waals surface area contributed by atoms with Gasteiger partial charge >= 0.3 is 0 Å². The molecular formula is C19H30N2. The minimum absolute atomic E-state index is 0.131. The molecule has 0 bridgehead atoms. The summed E-state index contributed by atoms with van der Waals surface area (Å²) in [5, 5.41) is 0. The van der Waals surface area contributed by atoms with Crippen molar-refractivity contribution < 1.29 is 0 Å². The zero-order valence-electron chi connectivity index (χ0n) is 13.4. The van der Waals surface area contributed by atoms with Crippen LogP contribution >= 0.6 is 0 Å². The van der Waals surface area contributed by atoms with Crippen LogP contribution in [0.15, 0.2) is 30.3 Å². The van der Waals surface area contributed by atoms with Crippen molar-refractivity contribution in [1.29, 1.82) is 0 Å². The van der Waals surface area contributed by atoms with E-state index in [1.54, 1.807) is 0 Å². The highest BCUT2D eigenvalue weighted by molar-refractivity contribution is 5.20. The Kier molecular flexibility index (Phi) is 4.66. The van der Waals surface area contributed by atoms with E-state index in [4.69, 9.17) is 5.73 Å². The van der Waals surface area contributed by atoms with E-state index in [1.807, 2.05) is 0 Å². The third-order valence-corrected chi connectivity index (χ3v) is 6.05. The molecule has 2 N–H and O–H groups in total. The molecule has 1 aliphatic heterocycles. The van der Waals surface area contributed by atoms with Crippen LogP contribution in [-0.2, 0) is 0 Å². The molecule has 1 spiro atoms. The summed E-state index contributed by atoms with van der Waals surface area (Å²) in [4.78, 5) is 2.62. The van der Waals surface area contributed by atoms with Gasteiger partial charge in [-0.05, 0) is 56.7 Å². The predicted molar refractivity (Wildman–Crippen MR) is 89.2 cm³/mol. The molecule has 1 aromatic rings. The van der Waals surface area contributed by atoms with Gasteiger partial charge in [0.25, 0.3) is 0 Å². The number of likely N-dealkylation sites (tertiary alicyclic amines) is 1. The molecule has 21 heavy (non-hydrogen) atoms. The van der Waals surface area contributed by atoms with E-state index in [0.717, 1.165) is 0 Å². The lowest BCUT2D eigenvalue weighted by Gasteiger charge is -2.46. The van der Waals surface area contributed by atoms with Gasteiger partial charge in [-0.15, -0.1) is 0 Å². The fraction of sp³-hybridized carbons (Fsp3) is 0.684. The highest BCUT2D eigenvalue weighted by atomic mass is 15.2. The van der Waals surface area contributed by atoms with E-state index in [1.165, 1.54) is 63.6 Å². The molecule has 1 saturated heterocycles. The van der Waals surface area contributed by atoms with Gasteiger partial charge in [0.2, 0.25) is 0 Å². The zero-order valence-corrected chi connectivity index (χ0v) is 13.4. The maximum absolute atomic E-state index is 6.50. The number of piperidine rings is 1. The topological polar surface area (TPSA) is 29.3 Å². The standard InChI is InChI=1S/C19H30N2/c1-16(18(20)17-8-4-2-5-9-17)21-14-12-19(13-15-21)10-6-3-7-11-19/h2,4-5,8-9,16,18H,3,6-7,10-15,20H2,1H3. The summed E-state index contributed by atoms with van der Waals surface area (Å²) < 4.78 is 0. The van der Waals surface area contributed by atoms with Crippen molar-refractivity contribution in [3.63, 3.8) is 0 Å². The Morgan fingerprint density at radius 2 is 1.57 bits per heavy atom. The van der Waals surface area contributed by atoms with Gasteiger partial charge in [0.15, 0.2) is 0 Å². The Morgan fingerprint density at radius 3 is 2.19 bits per heavy atom. The summed E-state index contributed by atoms with van der Waals surface area (Å²) in [7, 11) is 0. The number of nitrogens with two attached hydrogens (primary N) is 1. The molecule has 2 aliphatic rings. The first kappa shape index (κ1) is 15.1. The van der Waals surface area contributed by atoms with E-state index in [0.29, 0.717) is 11.5 Å². The lowest BCUT2D eigenvalue weighted by atomic mass is 9.68. The van der Waals surface area contributed by atoms with Crippen molar-refractivity contribution in [2.24, 2.45) is 11.1 Å². The summed E-state index contributed by atoms with van der Waals surface area (Å²) in [6, 6.07) is 11.1. The molecular weight excluding hydrogens is 256 g/mol. The summed E-state index contributed by atoms with van der Waals surface area (Å²) in [5.74, 6) is 0. The summed E-state index contributed by atoms with van der Waals surface area (Å²) in [5.41, 5.74) is 8.45.